The van der Waals surface area contributed by atoms with Gasteiger partial charge in [0.25, 0.3) is 0 Å². The number of rotatable bonds is 1. The van der Waals surface area contributed by atoms with Gasteiger partial charge in [-0.3, -0.25) is 0 Å². The summed E-state index contributed by atoms with van der Waals surface area (Å²) in [6.45, 7) is 0. The molecule has 1 N–H and O–H groups in total. The maximum atomic E-state index is 10.5. The summed E-state index contributed by atoms with van der Waals surface area (Å²) in [7, 11) is 0. The largest absolute Gasteiger partial charge is 0.458 e. The van der Waals surface area contributed by atoms with Crippen molar-refractivity contribution in [2.45, 2.75) is 37.7 Å². The van der Waals surface area contributed by atoms with Crippen molar-refractivity contribution < 1.29 is 9.52 Å². The first-order chi connectivity index (χ1) is 7.78. The molecule has 0 atom stereocenters. The first-order valence-corrected chi connectivity index (χ1v) is 5.99. The number of furan rings is 1. The highest BCUT2D eigenvalue weighted by Gasteiger charge is 2.34. The lowest BCUT2D eigenvalue weighted by Crippen LogP contribution is -2.27. The molecular formula is C14H16O2. The minimum absolute atomic E-state index is 0.725. The smallest absolute Gasteiger partial charge is 0.136 e. The zero-order valence-corrected chi connectivity index (χ0v) is 9.28. The molecule has 0 unspecified atom stereocenters. The molecule has 1 aliphatic carbocycles. The van der Waals surface area contributed by atoms with E-state index in [9.17, 15) is 5.11 Å². The quantitative estimate of drug-likeness (QED) is 0.790. The van der Waals surface area contributed by atoms with E-state index in [2.05, 4.69) is 0 Å². The zero-order valence-electron chi connectivity index (χ0n) is 9.28. The fourth-order valence-corrected chi connectivity index (χ4v) is 2.59. The summed E-state index contributed by atoms with van der Waals surface area (Å²) in [6, 6.07) is 9.91. The van der Waals surface area contributed by atoms with E-state index in [1.807, 2.05) is 30.3 Å². The maximum absolute atomic E-state index is 10.5. The molecule has 1 fully saturated rings. The Morgan fingerprint density at radius 2 is 1.81 bits per heavy atom. The molecule has 84 valence electrons. The second-order valence-corrected chi connectivity index (χ2v) is 4.74. The number of benzene rings is 1. The van der Waals surface area contributed by atoms with Gasteiger partial charge in [-0.15, -0.1) is 0 Å². The van der Waals surface area contributed by atoms with Crippen molar-refractivity contribution in [1.82, 2.24) is 0 Å². The van der Waals surface area contributed by atoms with Crippen molar-refractivity contribution in [3.63, 3.8) is 0 Å². The van der Waals surface area contributed by atoms with E-state index in [0.717, 1.165) is 42.4 Å². The van der Waals surface area contributed by atoms with Crippen LogP contribution in [-0.2, 0) is 5.60 Å². The van der Waals surface area contributed by atoms with Gasteiger partial charge in [0, 0.05) is 5.39 Å². The topological polar surface area (TPSA) is 33.4 Å². The third kappa shape index (κ3) is 1.54. The number of fused-ring (bicyclic) bond motifs is 1. The average Bonchev–Trinajstić information content (AvgIpc) is 2.74. The van der Waals surface area contributed by atoms with E-state index in [1.54, 1.807) is 0 Å². The molecule has 3 rings (SSSR count). The summed E-state index contributed by atoms with van der Waals surface area (Å²) >= 11 is 0. The molecule has 0 bridgehead atoms. The fourth-order valence-electron chi connectivity index (χ4n) is 2.59. The maximum Gasteiger partial charge on any atom is 0.136 e. The highest BCUT2D eigenvalue weighted by Crippen LogP contribution is 2.39. The predicted octanol–water partition coefficient (Wildman–Crippen LogP) is 3.58. The van der Waals surface area contributed by atoms with Crippen molar-refractivity contribution in [2.24, 2.45) is 0 Å². The molecule has 2 heteroatoms. The highest BCUT2D eigenvalue weighted by atomic mass is 16.4. The third-order valence-electron chi connectivity index (χ3n) is 3.56. The summed E-state index contributed by atoms with van der Waals surface area (Å²) in [5.41, 5.74) is 0.147. The van der Waals surface area contributed by atoms with E-state index in [0.29, 0.717) is 0 Å². The van der Waals surface area contributed by atoms with E-state index in [1.165, 1.54) is 6.42 Å². The van der Waals surface area contributed by atoms with Crippen LogP contribution in [0.15, 0.2) is 34.7 Å². The zero-order chi connectivity index (χ0) is 11.0. The van der Waals surface area contributed by atoms with Crippen LogP contribution in [0, 0.1) is 0 Å². The SMILES string of the molecule is OC1(c2cc3ccccc3o2)CCCCC1. The minimum atomic E-state index is -0.725. The van der Waals surface area contributed by atoms with Crippen molar-refractivity contribution >= 4 is 11.0 Å². The van der Waals surface area contributed by atoms with Crippen molar-refractivity contribution in [3.05, 3.63) is 36.1 Å². The highest BCUT2D eigenvalue weighted by molar-refractivity contribution is 5.77. The standard InChI is InChI=1S/C14H16O2/c15-14(8-4-1-5-9-14)13-10-11-6-2-3-7-12(11)16-13/h2-3,6-7,10,15H,1,4-5,8-9H2. The number of aliphatic hydroxyl groups is 1. The Balaban J connectivity index is 2.04. The molecule has 1 aromatic heterocycles. The van der Waals surface area contributed by atoms with Crippen LogP contribution in [0.2, 0.25) is 0 Å². The molecular weight excluding hydrogens is 200 g/mol. The molecule has 0 radical (unpaired) electrons. The lowest BCUT2D eigenvalue weighted by atomic mass is 9.83. The van der Waals surface area contributed by atoms with Crippen LogP contribution >= 0.6 is 0 Å². The van der Waals surface area contributed by atoms with Gasteiger partial charge in [-0.05, 0) is 25.0 Å². The van der Waals surface area contributed by atoms with Crippen LogP contribution in [-0.4, -0.2) is 5.11 Å². The first-order valence-electron chi connectivity index (χ1n) is 5.99. The Morgan fingerprint density at radius 3 is 2.56 bits per heavy atom. The number of hydrogen-bond donors (Lipinski definition) is 1. The van der Waals surface area contributed by atoms with E-state index in [-0.39, 0.29) is 0 Å². The normalized spacial score (nSPS) is 20.1. The van der Waals surface area contributed by atoms with E-state index >= 15 is 0 Å². The average molecular weight is 216 g/mol. The van der Waals surface area contributed by atoms with Gasteiger partial charge in [0.2, 0.25) is 0 Å². The van der Waals surface area contributed by atoms with Gasteiger partial charge in [-0.25, -0.2) is 0 Å². The minimum Gasteiger partial charge on any atom is -0.458 e. The van der Waals surface area contributed by atoms with Crippen LogP contribution in [0.5, 0.6) is 0 Å². The van der Waals surface area contributed by atoms with Crippen molar-refractivity contribution in [1.29, 1.82) is 0 Å². The third-order valence-corrected chi connectivity index (χ3v) is 3.56. The van der Waals surface area contributed by atoms with E-state index in [4.69, 9.17) is 4.42 Å². The van der Waals surface area contributed by atoms with Crippen LogP contribution in [0.1, 0.15) is 37.9 Å². The summed E-state index contributed by atoms with van der Waals surface area (Å²) in [5, 5.41) is 11.6. The molecule has 2 nitrogen and oxygen atoms in total. The van der Waals surface area contributed by atoms with Gasteiger partial charge in [0.15, 0.2) is 0 Å². The van der Waals surface area contributed by atoms with Crippen molar-refractivity contribution in [2.75, 3.05) is 0 Å². The van der Waals surface area contributed by atoms with Gasteiger partial charge >= 0.3 is 0 Å². The Bertz CT molecular complexity index is 459. The van der Waals surface area contributed by atoms with Crippen LogP contribution < -0.4 is 0 Å². The molecule has 1 aromatic carbocycles. The lowest BCUT2D eigenvalue weighted by molar-refractivity contribution is -0.0186. The van der Waals surface area contributed by atoms with Gasteiger partial charge in [0.05, 0.1) is 0 Å². The summed E-state index contributed by atoms with van der Waals surface area (Å²) in [6.07, 6.45) is 5.06. The summed E-state index contributed by atoms with van der Waals surface area (Å²) < 4.78 is 5.76. The monoisotopic (exact) mass is 216 g/mol. The van der Waals surface area contributed by atoms with Gasteiger partial charge in [0.1, 0.15) is 16.9 Å². The number of para-hydroxylation sites is 1. The molecule has 0 saturated heterocycles. The Hall–Kier alpha value is -1.28. The molecule has 1 saturated carbocycles. The second kappa shape index (κ2) is 3.63. The van der Waals surface area contributed by atoms with Crippen molar-refractivity contribution in [3.8, 4) is 0 Å². The van der Waals surface area contributed by atoms with Gasteiger partial charge in [-0.1, -0.05) is 37.5 Å². The Labute approximate surface area is 94.9 Å². The lowest BCUT2D eigenvalue weighted by Gasteiger charge is -2.29. The van der Waals surface area contributed by atoms with Gasteiger partial charge in [-0.2, -0.15) is 0 Å². The molecule has 0 aliphatic heterocycles. The molecule has 0 amide bonds. The second-order valence-electron chi connectivity index (χ2n) is 4.74. The molecule has 2 aromatic rings. The first kappa shape index (κ1) is 9.91. The Morgan fingerprint density at radius 1 is 1.06 bits per heavy atom. The van der Waals surface area contributed by atoms with E-state index < -0.39 is 5.60 Å². The van der Waals surface area contributed by atoms with Gasteiger partial charge < -0.3 is 9.52 Å². The molecule has 16 heavy (non-hydrogen) atoms. The predicted molar refractivity (Wildman–Crippen MR) is 63.2 cm³/mol. The summed E-state index contributed by atoms with van der Waals surface area (Å²) in [4.78, 5) is 0. The number of hydrogen-bond acceptors (Lipinski definition) is 2. The van der Waals surface area contributed by atoms with Crippen LogP contribution in [0.3, 0.4) is 0 Å². The van der Waals surface area contributed by atoms with Crippen LogP contribution in [0.4, 0.5) is 0 Å². The van der Waals surface area contributed by atoms with Crippen LogP contribution in [0.25, 0.3) is 11.0 Å². The summed E-state index contributed by atoms with van der Waals surface area (Å²) in [5.74, 6) is 0.744. The fraction of sp³-hybridized carbons (Fsp3) is 0.429. The molecule has 1 heterocycles. The molecule has 0 spiro atoms. The molecule has 1 aliphatic rings. The Kier molecular flexibility index (Phi) is 2.25.